The zero-order chi connectivity index (χ0) is 15.2. The first-order chi connectivity index (χ1) is 10.1. The van der Waals surface area contributed by atoms with Gasteiger partial charge >= 0.3 is 5.97 Å². The van der Waals surface area contributed by atoms with Crippen LogP contribution in [0.3, 0.4) is 0 Å². The molecule has 2 aromatic carbocycles. The predicted molar refractivity (Wildman–Crippen MR) is 80.3 cm³/mol. The number of hydrogen-bond acceptors (Lipinski definition) is 3. The number of hydrogen-bond donors (Lipinski definition) is 1. The molecule has 0 aliphatic rings. The van der Waals surface area contributed by atoms with Crippen molar-refractivity contribution in [2.24, 2.45) is 0 Å². The number of benzene rings is 2. The van der Waals surface area contributed by atoms with Gasteiger partial charge in [-0.1, -0.05) is 12.1 Å². The molecule has 0 atom stereocenters. The highest BCUT2D eigenvalue weighted by Crippen LogP contribution is 2.20. The molecule has 0 radical (unpaired) electrons. The molecule has 4 heteroatoms. The number of rotatable bonds is 6. The normalized spacial score (nSPS) is 10.2. The molecule has 0 amide bonds. The fraction of sp³-hybridized carbons (Fsp3) is 0.235. The Morgan fingerprint density at radius 1 is 1.14 bits per heavy atom. The maximum atomic E-state index is 10.9. The molecule has 0 aliphatic heterocycles. The summed E-state index contributed by atoms with van der Waals surface area (Å²) in [4.78, 5) is 10.9. The van der Waals surface area contributed by atoms with Gasteiger partial charge in [-0.15, -0.1) is 0 Å². The zero-order valence-electron chi connectivity index (χ0n) is 12.1. The lowest BCUT2D eigenvalue weighted by Gasteiger charge is -2.10. The minimum atomic E-state index is -0.928. The van der Waals surface area contributed by atoms with E-state index in [1.807, 2.05) is 31.2 Å². The molecule has 0 fully saturated rings. The second-order valence-corrected chi connectivity index (χ2v) is 4.73. The Labute approximate surface area is 123 Å². The van der Waals surface area contributed by atoms with Crippen molar-refractivity contribution in [1.29, 1.82) is 0 Å². The average molecular weight is 286 g/mol. The molecule has 0 unspecified atom stereocenters. The van der Waals surface area contributed by atoms with E-state index >= 15 is 0 Å². The van der Waals surface area contributed by atoms with Crippen molar-refractivity contribution in [3.05, 3.63) is 59.2 Å². The highest BCUT2D eigenvalue weighted by atomic mass is 16.5. The summed E-state index contributed by atoms with van der Waals surface area (Å²) in [7, 11) is 1.64. The van der Waals surface area contributed by atoms with Crippen LogP contribution in [-0.4, -0.2) is 24.8 Å². The lowest BCUT2D eigenvalue weighted by atomic mass is 10.1. The van der Waals surface area contributed by atoms with Crippen LogP contribution in [0.15, 0.2) is 42.5 Å². The largest absolute Gasteiger partial charge is 0.497 e. The van der Waals surface area contributed by atoms with Crippen LogP contribution < -0.4 is 9.47 Å². The van der Waals surface area contributed by atoms with Gasteiger partial charge in [-0.2, -0.15) is 0 Å². The first-order valence-corrected chi connectivity index (χ1v) is 6.70. The van der Waals surface area contributed by atoms with E-state index in [2.05, 4.69) is 0 Å². The van der Waals surface area contributed by atoms with E-state index in [4.69, 9.17) is 14.6 Å². The van der Waals surface area contributed by atoms with Crippen LogP contribution in [0, 0.1) is 6.92 Å². The van der Waals surface area contributed by atoms with Gasteiger partial charge in [0.1, 0.15) is 11.5 Å². The van der Waals surface area contributed by atoms with Gasteiger partial charge in [-0.05, 0) is 48.4 Å². The molecule has 4 nitrogen and oxygen atoms in total. The summed E-state index contributed by atoms with van der Waals surface area (Å²) >= 11 is 0. The monoisotopic (exact) mass is 286 g/mol. The number of ether oxygens (including phenoxy) is 2. The third-order valence-corrected chi connectivity index (χ3v) is 3.23. The topological polar surface area (TPSA) is 55.8 Å². The molecular weight excluding hydrogens is 268 g/mol. The Balaban J connectivity index is 1.92. The Morgan fingerprint density at radius 2 is 1.86 bits per heavy atom. The van der Waals surface area contributed by atoms with Crippen LogP contribution in [-0.2, 0) is 6.42 Å². The molecule has 0 saturated heterocycles. The third kappa shape index (κ3) is 3.99. The number of carboxylic acid groups (broad SMARTS) is 1. The summed E-state index contributed by atoms with van der Waals surface area (Å²) in [6.45, 7) is 2.38. The van der Waals surface area contributed by atoms with E-state index in [9.17, 15) is 4.79 Å². The van der Waals surface area contributed by atoms with Gasteiger partial charge in [-0.3, -0.25) is 0 Å². The van der Waals surface area contributed by atoms with Crippen molar-refractivity contribution in [1.82, 2.24) is 0 Å². The van der Waals surface area contributed by atoms with Gasteiger partial charge in [0.05, 0.1) is 19.3 Å². The van der Waals surface area contributed by atoms with Crippen molar-refractivity contribution in [3.8, 4) is 11.5 Å². The van der Waals surface area contributed by atoms with Crippen molar-refractivity contribution >= 4 is 5.97 Å². The molecule has 2 aromatic rings. The van der Waals surface area contributed by atoms with Crippen LogP contribution in [0.25, 0.3) is 0 Å². The summed E-state index contributed by atoms with van der Waals surface area (Å²) in [5.41, 5.74) is 2.26. The van der Waals surface area contributed by atoms with E-state index in [0.29, 0.717) is 12.4 Å². The Hall–Kier alpha value is -2.49. The minimum Gasteiger partial charge on any atom is -0.497 e. The maximum absolute atomic E-state index is 10.9. The van der Waals surface area contributed by atoms with Crippen LogP contribution in [0.1, 0.15) is 21.5 Å². The van der Waals surface area contributed by atoms with E-state index in [1.165, 1.54) is 0 Å². The molecule has 0 saturated carbocycles. The SMILES string of the molecule is COc1ccc(CCOc2ccc(C(=O)O)cc2C)cc1. The van der Waals surface area contributed by atoms with E-state index in [-0.39, 0.29) is 5.56 Å². The summed E-state index contributed by atoms with van der Waals surface area (Å²) in [5, 5.41) is 8.92. The van der Waals surface area contributed by atoms with Crippen molar-refractivity contribution in [2.45, 2.75) is 13.3 Å². The predicted octanol–water partition coefficient (Wildman–Crippen LogP) is 3.32. The summed E-state index contributed by atoms with van der Waals surface area (Å²) in [5.74, 6) is 0.621. The summed E-state index contributed by atoms with van der Waals surface area (Å²) in [6, 6.07) is 12.7. The van der Waals surface area contributed by atoms with Crippen LogP contribution >= 0.6 is 0 Å². The number of methoxy groups -OCH3 is 1. The summed E-state index contributed by atoms with van der Waals surface area (Å²) < 4.78 is 10.8. The van der Waals surface area contributed by atoms with Crippen LogP contribution in [0.5, 0.6) is 11.5 Å². The fourth-order valence-electron chi connectivity index (χ4n) is 2.02. The van der Waals surface area contributed by atoms with Gasteiger partial charge in [0, 0.05) is 6.42 Å². The van der Waals surface area contributed by atoms with Crippen LogP contribution in [0.2, 0.25) is 0 Å². The maximum Gasteiger partial charge on any atom is 0.335 e. The molecule has 0 aromatic heterocycles. The highest BCUT2D eigenvalue weighted by Gasteiger charge is 2.06. The van der Waals surface area contributed by atoms with Gasteiger partial charge in [-0.25, -0.2) is 4.79 Å². The second-order valence-electron chi connectivity index (χ2n) is 4.73. The van der Waals surface area contributed by atoms with Gasteiger partial charge in [0.25, 0.3) is 0 Å². The van der Waals surface area contributed by atoms with E-state index < -0.39 is 5.97 Å². The van der Waals surface area contributed by atoms with E-state index in [1.54, 1.807) is 25.3 Å². The molecule has 0 aliphatic carbocycles. The Morgan fingerprint density at radius 3 is 2.43 bits per heavy atom. The smallest absolute Gasteiger partial charge is 0.335 e. The van der Waals surface area contributed by atoms with Gasteiger partial charge in [0.15, 0.2) is 0 Å². The molecule has 0 bridgehead atoms. The fourth-order valence-corrected chi connectivity index (χ4v) is 2.02. The van der Waals surface area contributed by atoms with Crippen LogP contribution in [0.4, 0.5) is 0 Å². The number of aromatic carboxylic acids is 1. The first-order valence-electron chi connectivity index (χ1n) is 6.70. The molecule has 1 N–H and O–H groups in total. The van der Waals surface area contributed by atoms with Gasteiger partial charge in [0.2, 0.25) is 0 Å². The number of carboxylic acids is 1. The first kappa shape index (κ1) is 14.9. The number of aryl methyl sites for hydroxylation is 1. The van der Waals surface area contributed by atoms with Crippen molar-refractivity contribution < 1.29 is 19.4 Å². The quantitative estimate of drug-likeness (QED) is 0.885. The molecule has 0 heterocycles. The highest BCUT2D eigenvalue weighted by molar-refractivity contribution is 5.88. The average Bonchev–Trinajstić information content (AvgIpc) is 2.49. The minimum absolute atomic E-state index is 0.273. The second kappa shape index (κ2) is 6.79. The lowest BCUT2D eigenvalue weighted by Crippen LogP contribution is -2.04. The molecule has 21 heavy (non-hydrogen) atoms. The Bertz CT molecular complexity index is 617. The lowest BCUT2D eigenvalue weighted by molar-refractivity contribution is 0.0696. The molecular formula is C17H18O4. The molecule has 2 rings (SSSR count). The third-order valence-electron chi connectivity index (χ3n) is 3.23. The molecule has 110 valence electrons. The van der Waals surface area contributed by atoms with E-state index in [0.717, 1.165) is 23.3 Å². The number of carbonyl (C=O) groups is 1. The van der Waals surface area contributed by atoms with Gasteiger partial charge < -0.3 is 14.6 Å². The van der Waals surface area contributed by atoms with Crippen molar-refractivity contribution in [3.63, 3.8) is 0 Å². The van der Waals surface area contributed by atoms with Crippen molar-refractivity contribution in [2.75, 3.05) is 13.7 Å². The zero-order valence-corrected chi connectivity index (χ0v) is 12.1. The molecule has 0 spiro atoms. The Kier molecular flexibility index (Phi) is 4.82. The summed E-state index contributed by atoms with van der Waals surface area (Å²) in [6.07, 6.45) is 0.782. The standard InChI is InChI=1S/C17H18O4/c1-12-11-14(17(18)19)5-8-16(12)21-10-9-13-3-6-15(20-2)7-4-13/h3-8,11H,9-10H2,1-2H3,(H,18,19).